The predicted octanol–water partition coefficient (Wildman–Crippen LogP) is 1.74. The van der Waals surface area contributed by atoms with Crippen LogP contribution in [0.1, 0.15) is 31.2 Å². The van der Waals surface area contributed by atoms with E-state index < -0.39 is 16.9 Å². The van der Waals surface area contributed by atoms with Crippen molar-refractivity contribution in [2.45, 2.75) is 36.6 Å². The molecule has 26 heavy (non-hydrogen) atoms. The van der Waals surface area contributed by atoms with E-state index in [0.29, 0.717) is 18.6 Å². The fourth-order valence-electron chi connectivity index (χ4n) is 4.10. The average Bonchev–Trinajstić information content (AvgIpc) is 3.38. The van der Waals surface area contributed by atoms with Gasteiger partial charge < -0.3 is 14.5 Å². The van der Waals surface area contributed by atoms with Gasteiger partial charge in [0, 0.05) is 25.3 Å². The summed E-state index contributed by atoms with van der Waals surface area (Å²) in [5, 5.41) is 0. The van der Waals surface area contributed by atoms with Gasteiger partial charge in [0.1, 0.15) is 10.9 Å². The molecule has 3 fully saturated rings. The number of hydrogen-bond acceptors (Lipinski definition) is 5. The van der Waals surface area contributed by atoms with Gasteiger partial charge in [-0.05, 0) is 24.8 Å². The second-order valence-corrected chi connectivity index (χ2v) is 8.23. The molecule has 0 saturated carbocycles. The maximum Gasteiger partial charge on any atom is 0.330 e. The minimum atomic E-state index is -0.624. The molecule has 0 aliphatic carbocycles. The molecular weight excluding hydrogens is 352 g/mol. The molecule has 0 spiro atoms. The second kappa shape index (κ2) is 6.95. The minimum Gasteiger partial charge on any atom is -0.454 e. The number of carbonyl (C=O) groups excluding carboxylic acids is 3. The summed E-state index contributed by atoms with van der Waals surface area (Å²) in [7, 11) is 0. The lowest BCUT2D eigenvalue weighted by Gasteiger charge is -2.33. The van der Waals surface area contributed by atoms with E-state index in [4.69, 9.17) is 4.74 Å². The van der Waals surface area contributed by atoms with Crippen LogP contribution in [0.4, 0.5) is 0 Å². The molecule has 3 aliphatic rings. The van der Waals surface area contributed by atoms with E-state index in [1.54, 1.807) is 21.6 Å². The molecule has 0 bridgehead atoms. The monoisotopic (exact) mass is 374 g/mol. The second-order valence-electron chi connectivity index (χ2n) is 6.94. The summed E-state index contributed by atoms with van der Waals surface area (Å²) in [6, 6.07) is 9.22. The molecule has 1 aromatic carbocycles. The Balaban J connectivity index is 1.46. The highest BCUT2D eigenvalue weighted by molar-refractivity contribution is 8.00. The van der Waals surface area contributed by atoms with Crippen molar-refractivity contribution in [3.05, 3.63) is 35.9 Å². The third-order valence-corrected chi connectivity index (χ3v) is 7.02. The predicted molar refractivity (Wildman–Crippen MR) is 97.2 cm³/mol. The highest BCUT2D eigenvalue weighted by atomic mass is 32.2. The quantitative estimate of drug-likeness (QED) is 0.751. The number of rotatable bonds is 4. The van der Waals surface area contributed by atoms with Crippen molar-refractivity contribution in [1.29, 1.82) is 0 Å². The van der Waals surface area contributed by atoms with Crippen molar-refractivity contribution >= 4 is 29.5 Å². The van der Waals surface area contributed by atoms with Gasteiger partial charge in [0.05, 0.1) is 0 Å². The van der Waals surface area contributed by atoms with Crippen LogP contribution in [0.15, 0.2) is 30.3 Å². The lowest BCUT2D eigenvalue weighted by molar-refractivity contribution is -0.158. The molecule has 2 amide bonds. The standard InChI is InChI=1S/C19H22N2O4S/c22-16-8-9-19(14-6-2-1-3-7-14)21(16)15(13-26-19)18(24)25-12-17(23)20-10-4-5-11-20/h1-3,6-7,15H,4-5,8-13H2/t15-,19-/m0/s1. The summed E-state index contributed by atoms with van der Waals surface area (Å²) in [4.78, 5) is 40.2. The van der Waals surface area contributed by atoms with Crippen LogP contribution in [-0.2, 0) is 24.0 Å². The number of amides is 2. The van der Waals surface area contributed by atoms with E-state index in [0.717, 1.165) is 31.5 Å². The third-order valence-electron chi connectivity index (χ3n) is 5.42. The normalized spacial score (nSPS) is 27.7. The summed E-state index contributed by atoms with van der Waals surface area (Å²) in [5.74, 6) is -0.148. The van der Waals surface area contributed by atoms with E-state index in [1.807, 2.05) is 30.3 Å². The zero-order valence-electron chi connectivity index (χ0n) is 14.6. The molecule has 0 radical (unpaired) electrons. The van der Waals surface area contributed by atoms with Gasteiger partial charge in [-0.15, -0.1) is 11.8 Å². The van der Waals surface area contributed by atoms with Crippen LogP contribution in [0.5, 0.6) is 0 Å². The van der Waals surface area contributed by atoms with Gasteiger partial charge in [0.2, 0.25) is 5.91 Å². The molecule has 3 saturated heterocycles. The lowest BCUT2D eigenvalue weighted by atomic mass is 10.0. The van der Waals surface area contributed by atoms with Crippen molar-refractivity contribution in [3.63, 3.8) is 0 Å². The summed E-state index contributed by atoms with van der Waals surface area (Å²) >= 11 is 1.62. The molecule has 7 heteroatoms. The van der Waals surface area contributed by atoms with Gasteiger partial charge >= 0.3 is 5.97 Å². The van der Waals surface area contributed by atoms with Gasteiger partial charge in [0.15, 0.2) is 6.61 Å². The molecule has 3 heterocycles. The number of fused-ring (bicyclic) bond motifs is 1. The molecule has 0 N–H and O–H groups in total. The number of benzene rings is 1. The first-order chi connectivity index (χ1) is 12.6. The van der Waals surface area contributed by atoms with Crippen LogP contribution in [-0.4, -0.2) is 59.1 Å². The van der Waals surface area contributed by atoms with Crippen molar-refractivity contribution in [1.82, 2.24) is 9.80 Å². The molecule has 3 aliphatic heterocycles. The van der Waals surface area contributed by atoms with E-state index >= 15 is 0 Å². The van der Waals surface area contributed by atoms with Crippen LogP contribution >= 0.6 is 11.8 Å². The average molecular weight is 374 g/mol. The number of hydrogen-bond donors (Lipinski definition) is 0. The number of carbonyl (C=O) groups is 3. The van der Waals surface area contributed by atoms with E-state index in [1.165, 1.54) is 0 Å². The number of likely N-dealkylation sites (tertiary alicyclic amines) is 1. The van der Waals surface area contributed by atoms with Crippen molar-refractivity contribution < 1.29 is 19.1 Å². The zero-order valence-corrected chi connectivity index (χ0v) is 15.4. The fourth-order valence-corrected chi connectivity index (χ4v) is 5.74. The smallest absolute Gasteiger partial charge is 0.330 e. The molecule has 4 rings (SSSR count). The van der Waals surface area contributed by atoms with Crippen molar-refractivity contribution in [2.24, 2.45) is 0 Å². The Bertz CT molecular complexity index is 720. The number of thioether (sulfide) groups is 1. The Morgan fingerprint density at radius 1 is 1.19 bits per heavy atom. The maximum atomic E-state index is 12.6. The van der Waals surface area contributed by atoms with Crippen molar-refractivity contribution in [3.8, 4) is 0 Å². The highest BCUT2D eigenvalue weighted by Crippen LogP contribution is 2.54. The Hall–Kier alpha value is -2.02. The van der Waals surface area contributed by atoms with Gasteiger partial charge in [-0.25, -0.2) is 4.79 Å². The van der Waals surface area contributed by atoms with Gasteiger partial charge in [-0.3, -0.25) is 9.59 Å². The van der Waals surface area contributed by atoms with Crippen LogP contribution in [0.3, 0.4) is 0 Å². The minimum absolute atomic E-state index is 0.0216. The molecular formula is C19H22N2O4S. The van der Waals surface area contributed by atoms with E-state index in [2.05, 4.69) is 0 Å². The van der Waals surface area contributed by atoms with Crippen LogP contribution < -0.4 is 0 Å². The van der Waals surface area contributed by atoms with Gasteiger partial charge in [-0.1, -0.05) is 30.3 Å². The largest absolute Gasteiger partial charge is 0.454 e. The molecule has 6 nitrogen and oxygen atoms in total. The molecule has 1 aromatic rings. The topological polar surface area (TPSA) is 66.9 Å². The van der Waals surface area contributed by atoms with E-state index in [9.17, 15) is 14.4 Å². The first-order valence-electron chi connectivity index (χ1n) is 9.08. The van der Waals surface area contributed by atoms with Crippen molar-refractivity contribution in [2.75, 3.05) is 25.4 Å². The highest BCUT2D eigenvalue weighted by Gasteiger charge is 2.57. The molecule has 0 aromatic heterocycles. The zero-order chi connectivity index (χ0) is 18.1. The molecule has 0 unspecified atom stereocenters. The Morgan fingerprint density at radius 2 is 1.92 bits per heavy atom. The first-order valence-corrected chi connectivity index (χ1v) is 10.1. The molecule has 138 valence electrons. The number of nitrogens with zero attached hydrogens (tertiary/aromatic N) is 2. The summed E-state index contributed by atoms with van der Waals surface area (Å²) in [6.45, 7) is 1.23. The van der Waals surface area contributed by atoms with Gasteiger partial charge in [-0.2, -0.15) is 0 Å². The Kier molecular flexibility index (Phi) is 4.65. The van der Waals surface area contributed by atoms with Crippen LogP contribution in [0.2, 0.25) is 0 Å². The first kappa shape index (κ1) is 17.4. The fraction of sp³-hybridized carbons (Fsp3) is 0.526. The number of esters is 1. The summed E-state index contributed by atoms with van der Waals surface area (Å²) < 4.78 is 5.30. The van der Waals surface area contributed by atoms with Gasteiger partial charge in [0.25, 0.3) is 5.91 Å². The SMILES string of the molecule is O=C(OCC(=O)N1CCCC1)[C@@H]1CS[C@]2(c3ccccc3)CCC(=O)N12. The molecule has 2 atom stereocenters. The maximum absolute atomic E-state index is 12.6. The summed E-state index contributed by atoms with van der Waals surface area (Å²) in [5.41, 5.74) is 1.04. The van der Waals surface area contributed by atoms with Crippen LogP contribution in [0, 0.1) is 0 Å². The Labute approximate surface area is 156 Å². The third kappa shape index (κ3) is 2.88. The summed E-state index contributed by atoms with van der Waals surface area (Å²) in [6.07, 6.45) is 3.12. The Morgan fingerprint density at radius 3 is 2.65 bits per heavy atom. The number of ether oxygens (including phenoxy) is 1. The lowest BCUT2D eigenvalue weighted by Crippen LogP contribution is -2.47. The van der Waals surface area contributed by atoms with E-state index in [-0.39, 0.29) is 18.4 Å². The van der Waals surface area contributed by atoms with Crippen LogP contribution in [0.25, 0.3) is 0 Å².